The predicted octanol–water partition coefficient (Wildman–Crippen LogP) is 5.09. The molecular formula is C28H26ClF3N4O3. The Balaban J connectivity index is 1.29. The van der Waals surface area contributed by atoms with Crippen LogP contribution >= 0.6 is 11.6 Å². The Bertz CT molecular complexity index is 1430. The zero-order chi connectivity index (χ0) is 27.9. The van der Waals surface area contributed by atoms with Crippen molar-refractivity contribution in [3.05, 3.63) is 87.7 Å². The second kappa shape index (κ2) is 10.6. The summed E-state index contributed by atoms with van der Waals surface area (Å²) in [4.78, 5) is 35.2. The van der Waals surface area contributed by atoms with E-state index in [1.165, 1.54) is 23.2 Å². The molecule has 1 aliphatic heterocycles. The van der Waals surface area contributed by atoms with Gasteiger partial charge in [0, 0.05) is 36.1 Å². The van der Waals surface area contributed by atoms with Crippen LogP contribution in [0.3, 0.4) is 0 Å². The van der Waals surface area contributed by atoms with Gasteiger partial charge in [0.15, 0.2) is 5.60 Å². The highest BCUT2D eigenvalue weighted by Gasteiger charge is 2.52. The van der Waals surface area contributed by atoms with E-state index >= 15 is 0 Å². The number of aryl methyl sites for hydroxylation is 1. The van der Waals surface area contributed by atoms with Crippen LogP contribution in [0.4, 0.5) is 18.9 Å². The Kier molecular flexibility index (Phi) is 7.35. The van der Waals surface area contributed by atoms with Crippen LogP contribution in [0.25, 0.3) is 0 Å². The number of fused-ring (bicyclic) bond motifs is 1. The first-order chi connectivity index (χ1) is 18.6. The van der Waals surface area contributed by atoms with Gasteiger partial charge in [-0.3, -0.25) is 19.6 Å². The van der Waals surface area contributed by atoms with Crippen LogP contribution in [0, 0.1) is 18.7 Å². The highest BCUT2D eigenvalue weighted by molar-refractivity contribution is 6.30. The Morgan fingerprint density at radius 1 is 1.18 bits per heavy atom. The SMILES string of the molecule is Cc1ccc2c(c1)N(CC1CCC(NC(=O)c3cc(Cl)cnc3C(F)F)CC1)C(=O)C2(O)c1ccncc1F. The summed E-state index contributed by atoms with van der Waals surface area (Å²) < 4.78 is 41.4. The molecule has 1 saturated carbocycles. The lowest BCUT2D eigenvalue weighted by molar-refractivity contribution is -0.132. The van der Waals surface area contributed by atoms with Crippen molar-refractivity contribution in [1.82, 2.24) is 15.3 Å². The van der Waals surface area contributed by atoms with Gasteiger partial charge in [-0.1, -0.05) is 23.7 Å². The van der Waals surface area contributed by atoms with Crippen LogP contribution in [0.1, 0.15) is 64.9 Å². The van der Waals surface area contributed by atoms with E-state index < -0.39 is 35.4 Å². The molecule has 11 heteroatoms. The summed E-state index contributed by atoms with van der Waals surface area (Å²) in [5.74, 6) is -2.02. The molecule has 39 heavy (non-hydrogen) atoms. The van der Waals surface area contributed by atoms with Crippen molar-refractivity contribution in [2.24, 2.45) is 5.92 Å². The number of halogens is 4. The first kappa shape index (κ1) is 27.1. The summed E-state index contributed by atoms with van der Waals surface area (Å²) in [6.07, 6.45) is 2.90. The second-order valence-electron chi connectivity index (χ2n) is 10.1. The van der Waals surface area contributed by atoms with Crippen LogP contribution in [-0.2, 0) is 10.4 Å². The van der Waals surface area contributed by atoms with Gasteiger partial charge in [0.05, 0.1) is 22.5 Å². The maximum absolute atomic E-state index is 14.7. The number of nitrogens with one attached hydrogen (secondary N) is 1. The van der Waals surface area contributed by atoms with Gasteiger partial charge in [-0.2, -0.15) is 0 Å². The standard InChI is InChI=1S/C28H26ClF3N4O3/c1-15-2-7-21-23(10-15)36(27(38)28(21,39)20-8-9-33-13-22(20)30)14-16-3-5-18(6-4-16)35-26(37)19-11-17(29)12-34-24(19)25(31)32/h2,7-13,16,18,25,39H,3-6,14H2,1H3,(H,35,37). The van der Waals surface area contributed by atoms with Gasteiger partial charge in [-0.15, -0.1) is 0 Å². The predicted molar refractivity (Wildman–Crippen MR) is 138 cm³/mol. The molecule has 2 aliphatic rings. The molecule has 7 nitrogen and oxygen atoms in total. The number of hydrogen-bond donors (Lipinski definition) is 2. The Hall–Kier alpha value is -3.50. The fraction of sp³-hybridized carbons (Fsp3) is 0.357. The van der Waals surface area contributed by atoms with E-state index in [4.69, 9.17) is 11.6 Å². The van der Waals surface area contributed by atoms with Crippen LogP contribution < -0.4 is 10.2 Å². The number of benzene rings is 1. The Labute approximate surface area is 228 Å². The lowest BCUT2D eigenvalue weighted by atomic mass is 9.85. The summed E-state index contributed by atoms with van der Waals surface area (Å²) in [5, 5.41) is 14.5. The summed E-state index contributed by atoms with van der Waals surface area (Å²) in [6.45, 7) is 2.18. The third kappa shape index (κ3) is 4.98. The molecule has 1 atom stereocenters. The average molecular weight is 559 g/mol. The van der Waals surface area contributed by atoms with E-state index in [1.807, 2.05) is 6.92 Å². The van der Waals surface area contributed by atoms with Crippen molar-refractivity contribution in [3.63, 3.8) is 0 Å². The quantitative estimate of drug-likeness (QED) is 0.440. The van der Waals surface area contributed by atoms with Crippen LogP contribution in [0.5, 0.6) is 0 Å². The molecule has 3 aromatic rings. The topological polar surface area (TPSA) is 95.4 Å². The molecular weight excluding hydrogens is 533 g/mol. The fourth-order valence-electron chi connectivity index (χ4n) is 5.52. The number of anilines is 1. The normalized spacial score (nSPS) is 22.7. The first-order valence-electron chi connectivity index (χ1n) is 12.6. The maximum Gasteiger partial charge on any atom is 0.281 e. The highest BCUT2D eigenvalue weighted by atomic mass is 35.5. The minimum Gasteiger partial charge on any atom is -0.372 e. The first-order valence-corrected chi connectivity index (χ1v) is 13.0. The number of nitrogens with zero attached hydrogens (tertiary/aromatic N) is 3. The lowest BCUT2D eigenvalue weighted by Crippen LogP contribution is -2.45. The largest absolute Gasteiger partial charge is 0.372 e. The van der Waals surface area contributed by atoms with E-state index in [0.717, 1.165) is 18.0 Å². The molecule has 0 bridgehead atoms. The lowest BCUT2D eigenvalue weighted by Gasteiger charge is -2.32. The molecule has 0 saturated heterocycles. The molecule has 1 fully saturated rings. The number of carbonyl (C=O) groups is 2. The van der Waals surface area contributed by atoms with Gasteiger partial charge in [-0.05, 0) is 62.3 Å². The number of aliphatic hydroxyl groups is 1. The molecule has 0 radical (unpaired) electrons. The summed E-state index contributed by atoms with van der Waals surface area (Å²) >= 11 is 5.87. The molecule has 2 amide bonds. The van der Waals surface area contributed by atoms with Crippen LogP contribution in [0.2, 0.25) is 5.02 Å². The monoisotopic (exact) mass is 558 g/mol. The van der Waals surface area contributed by atoms with E-state index in [1.54, 1.807) is 18.2 Å². The fourth-order valence-corrected chi connectivity index (χ4v) is 5.68. The third-order valence-electron chi connectivity index (χ3n) is 7.51. The van der Waals surface area contributed by atoms with E-state index in [-0.39, 0.29) is 28.1 Å². The highest BCUT2D eigenvalue weighted by Crippen LogP contribution is 2.46. The zero-order valence-electron chi connectivity index (χ0n) is 21.0. The molecule has 3 heterocycles. The summed E-state index contributed by atoms with van der Waals surface area (Å²) in [7, 11) is 0. The van der Waals surface area contributed by atoms with Crippen molar-refractivity contribution < 1.29 is 27.9 Å². The third-order valence-corrected chi connectivity index (χ3v) is 7.72. The van der Waals surface area contributed by atoms with Gasteiger partial charge in [-0.25, -0.2) is 13.2 Å². The number of rotatable bonds is 6. The van der Waals surface area contributed by atoms with Crippen molar-refractivity contribution in [1.29, 1.82) is 0 Å². The number of alkyl halides is 2. The van der Waals surface area contributed by atoms with Crippen molar-refractivity contribution in [2.75, 3.05) is 11.4 Å². The van der Waals surface area contributed by atoms with Crippen molar-refractivity contribution >= 4 is 29.1 Å². The molecule has 1 unspecified atom stereocenters. The van der Waals surface area contributed by atoms with Crippen molar-refractivity contribution in [2.45, 2.75) is 50.7 Å². The average Bonchev–Trinajstić information content (AvgIpc) is 3.11. The van der Waals surface area contributed by atoms with Crippen molar-refractivity contribution in [3.8, 4) is 0 Å². The Morgan fingerprint density at radius 2 is 1.92 bits per heavy atom. The van der Waals surface area contributed by atoms with E-state index in [0.29, 0.717) is 43.5 Å². The molecule has 204 valence electrons. The molecule has 2 aromatic heterocycles. The number of amides is 2. The van der Waals surface area contributed by atoms with Gasteiger partial charge in [0.25, 0.3) is 18.2 Å². The number of hydrogen-bond acceptors (Lipinski definition) is 5. The van der Waals surface area contributed by atoms with E-state index in [2.05, 4.69) is 15.3 Å². The van der Waals surface area contributed by atoms with Gasteiger partial charge in [0.1, 0.15) is 11.5 Å². The number of carbonyl (C=O) groups excluding carboxylic acids is 2. The number of aromatic nitrogens is 2. The summed E-state index contributed by atoms with van der Waals surface area (Å²) in [5.41, 5.74) is -1.47. The molecule has 1 aromatic carbocycles. The second-order valence-corrected chi connectivity index (χ2v) is 10.5. The maximum atomic E-state index is 14.7. The minimum absolute atomic E-state index is 0.0459. The smallest absolute Gasteiger partial charge is 0.281 e. The summed E-state index contributed by atoms with van der Waals surface area (Å²) in [6, 6.07) is 7.46. The zero-order valence-corrected chi connectivity index (χ0v) is 21.8. The molecule has 2 N–H and O–H groups in total. The van der Waals surface area contributed by atoms with Gasteiger partial charge in [0.2, 0.25) is 0 Å². The van der Waals surface area contributed by atoms with Crippen LogP contribution in [0.15, 0.2) is 48.9 Å². The molecule has 5 rings (SSSR count). The van der Waals surface area contributed by atoms with Crippen LogP contribution in [-0.4, -0.2) is 39.5 Å². The van der Waals surface area contributed by atoms with Gasteiger partial charge >= 0.3 is 0 Å². The molecule has 0 spiro atoms. The van der Waals surface area contributed by atoms with E-state index in [9.17, 15) is 27.9 Å². The van der Waals surface area contributed by atoms with Gasteiger partial charge < -0.3 is 15.3 Å². The minimum atomic E-state index is -2.91. The number of pyridine rings is 2. The molecule has 1 aliphatic carbocycles. The Morgan fingerprint density at radius 3 is 2.62 bits per heavy atom.